The molecule has 2 saturated carbocycles. The summed E-state index contributed by atoms with van der Waals surface area (Å²) in [6.45, 7) is 1.53. The van der Waals surface area contributed by atoms with Gasteiger partial charge in [0.2, 0.25) is 0 Å². The van der Waals surface area contributed by atoms with Gasteiger partial charge in [0.05, 0.1) is 25.2 Å². The van der Waals surface area contributed by atoms with Gasteiger partial charge < -0.3 is 9.47 Å². The van der Waals surface area contributed by atoms with Crippen LogP contribution in [0.5, 0.6) is 0 Å². The molecule has 0 aliphatic heterocycles. The second-order valence-corrected chi connectivity index (χ2v) is 7.52. The van der Waals surface area contributed by atoms with Gasteiger partial charge >= 0.3 is 0 Å². The van der Waals surface area contributed by atoms with Crippen molar-refractivity contribution >= 4 is 0 Å². The molecule has 1 aromatic carbocycles. The third-order valence-corrected chi connectivity index (χ3v) is 5.95. The minimum absolute atomic E-state index is 0.138. The van der Waals surface area contributed by atoms with Gasteiger partial charge in [-0.3, -0.25) is 0 Å². The highest BCUT2D eigenvalue weighted by Gasteiger charge is 2.49. The lowest BCUT2D eigenvalue weighted by Crippen LogP contribution is -2.29. The molecule has 0 saturated heterocycles. The molecule has 4 atom stereocenters. The monoisotopic (exact) mass is 313 g/mol. The molecule has 3 rings (SSSR count). The second kappa shape index (κ2) is 7.03. The molecule has 0 radical (unpaired) electrons. The Hall–Kier alpha value is -1.37. The van der Waals surface area contributed by atoms with Crippen molar-refractivity contribution in [2.45, 2.75) is 31.6 Å². The van der Waals surface area contributed by atoms with Crippen molar-refractivity contribution < 1.29 is 9.47 Å². The molecule has 1 aromatic rings. The quantitative estimate of drug-likeness (QED) is 0.825. The van der Waals surface area contributed by atoms with E-state index in [2.05, 4.69) is 30.3 Å². The lowest BCUT2D eigenvalue weighted by Gasteiger charge is -2.35. The van der Waals surface area contributed by atoms with E-state index in [4.69, 9.17) is 9.47 Å². The Morgan fingerprint density at radius 2 is 1.65 bits per heavy atom. The third kappa shape index (κ3) is 3.29. The van der Waals surface area contributed by atoms with Gasteiger partial charge in [0.15, 0.2) is 0 Å². The summed E-state index contributed by atoms with van der Waals surface area (Å²) in [4.78, 5) is 0. The Morgan fingerprint density at radius 3 is 2.22 bits per heavy atom. The minimum atomic E-state index is 0.138. The number of nitrogens with zero attached hydrogens (tertiary/aromatic N) is 1. The van der Waals surface area contributed by atoms with Crippen LogP contribution in [0.1, 0.15) is 37.2 Å². The number of hydrogen-bond acceptors (Lipinski definition) is 3. The maximum absolute atomic E-state index is 9.68. The van der Waals surface area contributed by atoms with Crippen molar-refractivity contribution in [1.29, 1.82) is 5.26 Å². The highest BCUT2D eigenvalue weighted by Crippen LogP contribution is 2.56. The van der Waals surface area contributed by atoms with E-state index in [0.717, 1.165) is 32.5 Å². The Labute approximate surface area is 139 Å². The highest BCUT2D eigenvalue weighted by molar-refractivity contribution is 5.24. The first kappa shape index (κ1) is 16.5. The first-order chi connectivity index (χ1) is 11.2. The van der Waals surface area contributed by atoms with Crippen LogP contribution >= 0.6 is 0 Å². The number of rotatable bonds is 5. The van der Waals surface area contributed by atoms with Crippen LogP contribution in [0.4, 0.5) is 0 Å². The number of methoxy groups -OCH3 is 2. The predicted molar refractivity (Wildman–Crippen MR) is 89.9 cm³/mol. The molecule has 2 aliphatic carbocycles. The smallest absolute Gasteiger partial charge is 0.0662 e. The first-order valence-corrected chi connectivity index (χ1v) is 8.64. The number of fused-ring (bicyclic) bond motifs is 1. The van der Waals surface area contributed by atoms with Gasteiger partial charge in [-0.05, 0) is 49.0 Å². The summed E-state index contributed by atoms with van der Waals surface area (Å²) in [5.74, 6) is 1.85. The van der Waals surface area contributed by atoms with Crippen LogP contribution in [0.3, 0.4) is 0 Å². The van der Waals surface area contributed by atoms with E-state index in [1.54, 1.807) is 14.2 Å². The van der Waals surface area contributed by atoms with Crippen LogP contribution in [0.15, 0.2) is 30.3 Å². The van der Waals surface area contributed by atoms with E-state index in [1.165, 1.54) is 12.0 Å². The molecule has 23 heavy (non-hydrogen) atoms. The molecule has 0 spiro atoms. The zero-order chi connectivity index (χ0) is 16.3. The Kier molecular flexibility index (Phi) is 5.04. The van der Waals surface area contributed by atoms with Crippen LogP contribution in [0.25, 0.3) is 0 Å². The van der Waals surface area contributed by atoms with Crippen LogP contribution in [-0.4, -0.2) is 27.4 Å². The van der Waals surface area contributed by atoms with Crippen molar-refractivity contribution in [3.63, 3.8) is 0 Å². The summed E-state index contributed by atoms with van der Waals surface area (Å²) in [5, 5.41) is 9.68. The van der Waals surface area contributed by atoms with E-state index in [1.807, 2.05) is 6.07 Å². The molecule has 0 N–H and O–H groups in total. The molecule has 0 bridgehead atoms. The molecule has 124 valence electrons. The normalized spacial score (nSPS) is 32.2. The third-order valence-electron chi connectivity index (χ3n) is 5.95. The molecular weight excluding hydrogens is 286 g/mol. The van der Waals surface area contributed by atoms with Crippen LogP contribution in [0, 0.1) is 34.5 Å². The van der Waals surface area contributed by atoms with Crippen molar-refractivity contribution in [1.82, 2.24) is 0 Å². The minimum Gasteiger partial charge on any atom is -0.384 e. The molecule has 0 heterocycles. The fourth-order valence-corrected chi connectivity index (χ4v) is 5.16. The lowest BCUT2D eigenvalue weighted by molar-refractivity contribution is 0.0105. The summed E-state index contributed by atoms with van der Waals surface area (Å²) in [7, 11) is 3.56. The van der Waals surface area contributed by atoms with Gasteiger partial charge in [-0.25, -0.2) is 0 Å². The van der Waals surface area contributed by atoms with Crippen LogP contribution in [0.2, 0.25) is 0 Å². The molecular formula is C20H27NO2. The molecule has 2 fully saturated rings. The summed E-state index contributed by atoms with van der Waals surface area (Å²) >= 11 is 0. The van der Waals surface area contributed by atoms with Crippen LogP contribution < -0.4 is 0 Å². The van der Waals surface area contributed by atoms with Gasteiger partial charge in [-0.15, -0.1) is 0 Å². The average Bonchev–Trinajstić information content (AvgIpc) is 2.92. The van der Waals surface area contributed by atoms with Gasteiger partial charge in [0.1, 0.15) is 0 Å². The number of nitriles is 1. The van der Waals surface area contributed by atoms with Gasteiger partial charge in [-0.2, -0.15) is 5.26 Å². The summed E-state index contributed by atoms with van der Waals surface area (Å²) in [5.41, 5.74) is 1.47. The van der Waals surface area contributed by atoms with Crippen molar-refractivity contribution in [3.05, 3.63) is 35.9 Å². The fourth-order valence-electron chi connectivity index (χ4n) is 5.16. The molecule has 2 aliphatic rings. The summed E-state index contributed by atoms with van der Waals surface area (Å²) < 4.78 is 11.0. The standard InChI is InChI=1S/C20H27NO2/c1-22-13-20(14-23-2)10-16-8-18(12-21)19(9-17(16)11-20)15-6-4-3-5-7-15/h3-7,16-19H,8-11,13-14H2,1-2H3/t16-,17-,18?,19?/m0/s1. The van der Waals surface area contributed by atoms with Crippen molar-refractivity contribution in [2.75, 3.05) is 27.4 Å². The zero-order valence-corrected chi connectivity index (χ0v) is 14.2. The van der Waals surface area contributed by atoms with Crippen molar-refractivity contribution in [2.24, 2.45) is 23.2 Å². The lowest BCUT2D eigenvalue weighted by atomic mass is 9.68. The van der Waals surface area contributed by atoms with Gasteiger partial charge in [-0.1, -0.05) is 30.3 Å². The van der Waals surface area contributed by atoms with Crippen LogP contribution in [-0.2, 0) is 9.47 Å². The van der Waals surface area contributed by atoms with E-state index in [9.17, 15) is 5.26 Å². The topological polar surface area (TPSA) is 42.2 Å². The number of benzene rings is 1. The zero-order valence-electron chi connectivity index (χ0n) is 14.2. The molecule has 2 unspecified atom stereocenters. The van der Waals surface area contributed by atoms with Gasteiger partial charge in [0.25, 0.3) is 0 Å². The van der Waals surface area contributed by atoms with E-state index < -0.39 is 0 Å². The van der Waals surface area contributed by atoms with E-state index in [0.29, 0.717) is 17.8 Å². The Morgan fingerprint density at radius 1 is 1.04 bits per heavy atom. The summed E-state index contributed by atoms with van der Waals surface area (Å²) in [6.07, 6.45) is 4.46. The summed E-state index contributed by atoms with van der Waals surface area (Å²) in [6, 6.07) is 13.2. The Bertz CT molecular complexity index is 545. The second-order valence-electron chi connectivity index (χ2n) is 7.52. The van der Waals surface area contributed by atoms with E-state index >= 15 is 0 Å². The largest absolute Gasteiger partial charge is 0.384 e. The molecule has 3 nitrogen and oxygen atoms in total. The Balaban J connectivity index is 1.80. The fraction of sp³-hybridized carbons (Fsp3) is 0.650. The average molecular weight is 313 g/mol. The number of hydrogen-bond donors (Lipinski definition) is 0. The first-order valence-electron chi connectivity index (χ1n) is 8.64. The molecule has 3 heteroatoms. The number of ether oxygens (including phenoxy) is 2. The highest BCUT2D eigenvalue weighted by atomic mass is 16.5. The van der Waals surface area contributed by atoms with E-state index in [-0.39, 0.29) is 11.3 Å². The maximum Gasteiger partial charge on any atom is 0.0662 e. The molecule has 0 amide bonds. The SMILES string of the molecule is COCC1(COC)C[C@@H]2CC(C#N)C(c3ccccc3)C[C@H]2C1. The predicted octanol–water partition coefficient (Wildman–Crippen LogP) is 4.01. The molecule has 0 aromatic heterocycles. The maximum atomic E-state index is 9.68. The van der Waals surface area contributed by atoms with Crippen molar-refractivity contribution in [3.8, 4) is 6.07 Å². The van der Waals surface area contributed by atoms with Gasteiger partial charge in [0, 0.05) is 19.6 Å².